The number of carbonyl (C=O) groups is 2. The van der Waals surface area contributed by atoms with Gasteiger partial charge in [-0.05, 0) is 81.9 Å². The van der Waals surface area contributed by atoms with Gasteiger partial charge in [0.25, 0.3) is 5.91 Å². The van der Waals surface area contributed by atoms with E-state index in [1.807, 2.05) is 0 Å². The van der Waals surface area contributed by atoms with Gasteiger partial charge in [-0.1, -0.05) is 60.5 Å². The van der Waals surface area contributed by atoms with Gasteiger partial charge in [-0.3, -0.25) is 9.59 Å². The molecule has 5 rings (SSSR count). The predicted octanol–water partition coefficient (Wildman–Crippen LogP) is 6.03. The lowest BCUT2D eigenvalue weighted by Gasteiger charge is -2.14. The van der Waals surface area contributed by atoms with Crippen LogP contribution < -0.4 is 14.8 Å². The number of ether oxygens (including phenoxy) is 2. The van der Waals surface area contributed by atoms with E-state index in [4.69, 9.17) is 15.9 Å². The molecular weight excluding hydrogens is 462 g/mol. The Morgan fingerprint density at radius 3 is 2.24 bits per heavy atom. The van der Waals surface area contributed by atoms with Crippen LogP contribution in [0.1, 0.15) is 25.3 Å². The molecule has 0 aromatic heterocycles. The van der Waals surface area contributed by atoms with Crippen LogP contribution in [0.15, 0.2) is 78.9 Å². The van der Waals surface area contributed by atoms with Gasteiger partial charge in [0.2, 0.25) is 0 Å². The van der Waals surface area contributed by atoms with Gasteiger partial charge in [-0.25, -0.2) is 0 Å². The van der Waals surface area contributed by atoms with E-state index in [0.717, 1.165) is 6.42 Å². The summed E-state index contributed by atoms with van der Waals surface area (Å²) < 4.78 is 11.1. The van der Waals surface area contributed by atoms with Crippen LogP contribution >= 0.6 is 0 Å². The Kier molecular flexibility index (Phi) is 6.91. The van der Waals surface area contributed by atoms with Crippen molar-refractivity contribution in [2.45, 2.75) is 32.3 Å². The van der Waals surface area contributed by atoms with Crippen molar-refractivity contribution in [3.8, 4) is 23.8 Å². The van der Waals surface area contributed by atoms with E-state index in [1.54, 1.807) is 31.2 Å². The zero-order valence-electron chi connectivity index (χ0n) is 20.6. The van der Waals surface area contributed by atoms with Crippen LogP contribution in [0.2, 0.25) is 0 Å². The minimum absolute atomic E-state index is 0.151. The molecule has 0 radical (unpaired) electrons. The lowest BCUT2D eigenvalue weighted by Crippen LogP contribution is -2.36. The molecule has 0 aliphatic carbocycles. The minimum Gasteiger partial charge on any atom is -0.481 e. The summed E-state index contributed by atoms with van der Waals surface area (Å²) in [7, 11) is 0. The highest BCUT2D eigenvalue weighted by Crippen LogP contribution is 2.36. The lowest BCUT2D eigenvalue weighted by atomic mass is 9.90. The number of nitrogens with one attached hydrogen (secondary N) is 1. The third-order valence-corrected chi connectivity index (χ3v) is 6.55. The molecular formula is C32H27NO4. The monoisotopic (exact) mass is 489 g/mol. The molecule has 37 heavy (non-hydrogen) atoms. The van der Waals surface area contributed by atoms with Crippen molar-refractivity contribution in [1.29, 1.82) is 0 Å². The summed E-state index contributed by atoms with van der Waals surface area (Å²) in [5.74, 6) is 2.70. The smallest absolute Gasteiger partial charge is 0.311 e. The number of carbonyl (C=O) groups excluding carboxylic acids is 2. The zero-order valence-corrected chi connectivity index (χ0v) is 20.6. The van der Waals surface area contributed by atoms with Crippen molar-refractivity contribution in [2.24, 2.45) is 0 Å². The summed E-state index contributed by atoms with van der Waals surface area (Å²) in [6, 6.07) is 26.1. The predicted molar refractivity (Wildman–Crippen MR) is 147 cm³/mol. The highest BCUT2D eigenvalue weighted by atomic mass is 16.5. The van der Waals surface area contributed by atoms with Gasteiger partial charge in [0.05, 0.1) is 6.54 Å². The molecule has 0 bridgehead atoms. The molecule has 0 heterocycles. The maximum atomic E-state index is 12.5. The van der Waals surface area contributed by atoms with Gasteiger partial charge >= 0.3 is 5.97 Å². The highest BCUT2D eigenvalue weighted by Gasteiger charge is 2.14. The second-order valence-electron chi connectivity index (χ2n) is 9.06. The van der Waals surface area contributed by atoms with Crippen molar-refractivity contribution in [1.82, 2.24) is 5.32 Å². The topological polar surface area (TPSA) is 64.6 Å². The van der Waals surface area contributed by atoms with Crippen molar-refractivity contribution >= 4 is 44.2 Å². The van der Waals surface area contributed by atoms with Crippen LogP contribution in [0.3, 0.4) is 0 Å². The second kappa shape index (κ2) is 10.6. The molecule has 0 saturated carbocycles. The average Bonchev–Trinajstić information content (AvgIpc) is 2.92. The Hall–Kier alpha value is -4.56. The summed E-state index contributed by atoms with van der Waals surface area (Å²) in [6.45, 7) is 1.79. The molecule has 0 fully saturated rings. The van der Waals surface area contributed by atoms with E-state index in [2.05, 4.69) is 65.8 Å². The van der Waals surface area contributed by atoms with E-state index in [9.17, 15) is 9.59 Å². The molecule has 184 valence electrons. The molecule has 5 nitrogen and oxygen atoms in total. The number of terminal acetylenes is 1. The summed E-state index contributed by atoms with van der Waals surface area (Å²) in [5, 5.41) is 10.1. The van der Waals surface area contributed by atoms with Gasteiger partial charge in [-0.15, -0.1) is 6.42 Å². The molecule has 1 amide bonds. The van der Waals surface area contributed by atoms with Crippen LogP contribution in [-0.4, -0.2) is 24.5 Å². The summed E-state index contributed by atoms with van der Waals surface area (Å²) in [5.41, 5.74) is 1.24. The molecule has 0 aliphatic heterocycles. The lowest BCUT2D eigenvalue weighted by molar-refractivity contribution is -0.134. The Balaban J connectivity index is 1.18. The largest absolute Gasteiger partial charge is 0.481 e. The number of amides is 1. The number of hydrogen-bond acceptors (Lipinski definition) is 4. The fourth-order valence-corrected chi connectivity index (χ4v) is 4.75. The molecule has 0 saturated heterocycles. The summed E-state index contributed by atoms with van der Waals surface area (Å²) >= 11 is 0. The highest BCUT2D eigenvalue weighted by molar-refractivity contribution is 6.23. The number of hydrogen-bond donors (Lipinski definition) is 1. The fourth-order valence-electron chi connectivity index (χ4n) is 4.75. The minimum atomic E-state index is -0.693. The van der Waals surface area contributed by atoms with Crippen LogP contribution in [0.25, 0.3) is 32.3 Å². The molecule has 0 unspecified atom stereocenters. The Morgan fingerprint density at radius 1 is 0.865 bits per heavy atom. The van der Waals surface area contributed by atoms with Gasteiger partial charge in [0, 0.05) is 6.42 Å². The third kappa shape index (κ3) is 5.19. The molecule has 5 aromatic carbocycles. The standard InChI is InChI=1S/C32H27NO4/c1-3-20-33-32(35)21(2)36-26-15-17-27(18-16-26)37-29(34)9-5-6-22-10-11-25-13-12-23-7-4-8-24-14-19-28(22)31(25)30(23)24/h1,4,7-8,10-19,21H,5-6,9,20H2,2H3,(H,33,35)/t21-/m1/s1. The average molecular weight is 490 g/mol. The van der Waals surface area contributed by atoms with E-state index in [0.29, 0.717) is 24.3 Å². The Bertz CT molecular complexity index is 1600. The second-order valence-corrected chi connectivity index (χ2v) is 9.06. The van der Waals surface area contributed by atoms with E-state index in [1.165, 1.54) is 37.9 Å². The third-order valence-electron chi connectivity index (χ3n) is 6.55. The summed E-state index contributed by atoms with van der Waals surface area (Å²) in [4.78, 5) is 24.4. The quantitative estimate of drug-likeness (QED) is 0.119. The van der Waals surface area contributed by atoms with E-state index >= 15 is 0 Å². The number of aryl methyl sites for hydroxylation is 1. The molecule has 1 atom stereocenters. The molecule has 0 spiro atoms. The van der Waals surface area contributed by atoms with E-state index < -0.39 is 6.10 Å². The fraction of sp³-hybridized carbons (Fsp3) is 0.188. The van der Waals surface area contributed by atoms with Gasteiger partial charge in [-0.2, -0.15) is 0 Å². The van der Waals surface area contributed by atoms with Gasteiger partial charge in [0.15, 0.2) is 6.10 Å². The van der Waals surface area contributed by atoms with Gasteiger partial charge < -0.3 is 14.8 Å². The number of benzene rings is 5. The first-order valence-electron chi connectivity index (χ1n) is 12.4. The molecule has 5 heteroatoms. The van der Waals surface area contributed by atoms with E-state index in [-0.39, 0.29) is 18.4 Å². The van der Waals surface area contributed by atoms with Crippen LogP contribution in [-0.2, 0) is 16.0 Å². The Labute approximate surface area is 215 Å². The van der Waals surface area contributed by atoms with Crippen LogP contribution in [0, 0.1) is 12.3 Å². The number of rotatable bonds is 9. The van der Waals surface area contributed by atoms with Gasteiger partial charge in [0.1, 0.15) is 11.5 Å². The first kappa shape index (κ1) is 24.1. The first-order chi connectivity index (χ1) is 18.0. The van der Waals surface area contributed by atoms with Crippen molar-refractivity contribution in [3.63, 3.8) is 0 Å². The maximum Gasteiger partial charge on any atom is 0.311 e. The maximum absolute atomic E-state index is 12.5. The zero-order chi connectivity index (χ0) is 25.8. The van der Waals surface area contributed by atoms with Crippen LogP contribution in [0.4, 0.5) is 0 Å². The first-order valence-corrected chi connectivity index (χ1v) is 12.4. The van der Waals surface area contributed by atoms with Crippen molar-refractivity contribution in [3.05, 3.63) is 84.4 Å². The Morgan fingerprint density at radius 2 is 1.51 bits per heavy atom. The normalized spacial score (nSPS) is 11.9. The molecule has 0 aliphatic rings. The van der Waals surface area contributed by atoms with Crippen LogP contribution in [0.5, 0.6) is 11.5 Å². The van der Waals surface area contributed by atoms with Crippen molar-refractivity contribution < 1.29 is 19.1 Å². The molecule has 1 N–H and O–H groups in total. The van der Waals surface area contributed by atoms with Crippen molar-refractivity contribution in [2.75, 3.05) is 6.54 Å². The SMILES string of the molecule is C#CCNC(=O)[C@@H](C)Oc1ccc(OC(=O)CCCc2ccc3ccc4cccc5ccc2c3c45)cc1. The summed E-state index contributed by atoms with van der Waals surface area (Å²) in [6.07, 6.45) is 6.24. The number of esters is 1. The molecule has 5 aromatic rings.